The van der Waals surface area contributed by atoms with Crippen LogP contribution in [0.15, 0.2) is 36.4 Å². The summed E-state index contributed by atoms with van der Waals surface area (Å²) < 4.78 is 20.8. The van der Waals surface area contributed by atoms with Crippen LogP contribution >= 0.6 is 0 Å². The van der Waals surface area contributed by atoms with Crippen LogP contribution in [0.1, 0.15) is 17.0 Å². The number of fused-ring (bicyclic) bond motifs is 1. The van der Waals surface area contributed by atoms with Crippen LogP contribution in [0, 0.1) is 5.92 Å². The van der Waals surface area contributed by atoms with Gasteiger partial charge in [-0.3, -0.25) is 9.59 Å². The van der Waals surface area contributed by atoms with Gasteiger partial charge in [0.2, 0.25) is 6.79 Å². The molecular weight excluding hydrogens is 340 g/mol. The molecule has 2 aromatic carbocycles. The maximum absolute atomic E-state index is 12.4. The Bertz CT molecular complexity index is 873. The molecule has 4 rings (SSSR count). The van der Waals surface area contributed by atoms with Crippen molar-refractivity contribution in [3.63, 3.8) is 0 Å². The molecule has 1 N–H and O–H groups in total. The zero-order chi connectivity index (χ0) is 18.3. The predicted octanol–water partition coefficient (Wildman–Crippen LogP) is 2.00. The number of cyclic esters (lactones) is 1. The number of hydrogen-bond acceptors (Lipinski definition) is 7. The summed E-state index contributed by atoms with van der Waals surface area (Å²) in [6.45, 7) is -0.220. The number of rotatable bonds is 4. The number of phenols is 1. The number of aromatic hydroxyl groups is 1. The first-order valence-electron chi connectivity index (χ1n) is 8.04. The largest absolute Gasteiger partial charge is 0.508 e. The molecule has 2 aliphatic heterocycles. The van der Waals surface area contributed by atoms with E-state index >= 15 is 0 Å². The lowest BCUT2D eigenvalue weighted by molar-refractivity contribution is -0.141. The molecule has 0 bridgehead atoms. The Morgan fingerprint density at radius 3 is 2.58 bits per heavy atom. The summed E-state index contributed by atoms with van der Waals surface area (Å²) >= 11 is 0. The van der Waals surface area contributed by atoms with Gasteiger partial charge in [0.15, 0.2) is 23.9 Å². The second-order valence-corrected chi connectivity index (χ2v) is 6.07. The molecule has 1 fully saturated rings. The smallest absolute Gasteiger partial charge is 0.318 e. The van der Waals surface area contributed by atoms with E-state index in [-0.39, 0.29) is 24.9 Å². The molecule has 2 aromatic rings. The molecule has 0 spiro atoms. The molecule has 0 unspecified atom stereocenters. The number of phenolic OH excluding ortho intramolecular Hbond substituents is 1. The summed E-state index contributed by atoms with van der Waals surface area (Å²) in [6.07, 6.45) is 0. The Balaban J connectivity index is 1.88. The summed E-state index contributed by atoms with van der Waals surface area (Å²) in [4.78, 5) is 24.6. The molecule has 2 heterocycles. The van der Waals surface area contributed by atoms with Crippen LogP contribution in [0.5, 0.6) is 23.0 Å². The fourth-order valence-electron chi connectivity index (χ4n) is 3.36. The van der Waals surface area contributed by atoms with E-state index in [2.05, 4.69) is 0 Å². The van der Waals surface area contributed by atoms with E-state index in [4.69, 9.17) is 18.9 Å². The molecule has 26 heavy (non-hydrogen) atoms. The van der Waals surface area contributed by atoms with Gasteiger partial charge in [0, 0.05) is 17.5 Å². The van der Waals surface area contributed by atoms with E-state index in [9.17, 15) is 14.7 Å². The van der Waals surface area contributed by atoms with Crippen molar-refractivity contribution in [1.82, 2.24) is 0 Å². The number of carbonyl (C=O) groups excluding carboxylic acids is 2. The Kier molecular flexibility index (Phi) is 3.91. The third-order valence-electron chi connectivity index (χ3n) is 4.60. The molecule has 2 aliphatic rings. The van der Waals surface area contributed by atoms with Crippen LogP contribution in [-0.2, 0) is 14.3 Å². The van der Waals surface area contributed by atoms with Gasteiger partial charge in [0.25, 0.3) is 0 Å². The van der Waals surface area contributed by atoms with Crippen molar-refractivity contribution in [2.75, 3.05) is 20.5 Å². The SMILES string of the molecule is COc1cccc([C@@H](c2cc3c(cc2O)OCO3)[C@H]2C(=O)COC2=O)c1. The quantitative estimate of drug-likeness (QED) is 0.662. The maximum atomic E-state index is 12.4. The fourth-order valence-corrected chi connectivity index (χ4v) is 3.36. The lowest BCUT2D eigenvalue weighted by Crippen LogP contribution is -2.25. The van der Waals surface area contributed by atoms with E-state index in [0.717, 1.165) is 0 Å². The Morgan fingerprint density at radius 2 is 1.88 bits per heavy atom. The molecule has 0 aliphatic carbocycles. The topological polar surface area (TPSA) is 91.3 Å². The normalized spacial score (nSPS) is 19.3. The van der Waals surface area contributed by atoms with E-state index < -0.39 is 17.8 Å². The number of carbonyl (C=O) groups is 2. The highest BCUT2D eigenvalue weighted by Gasteiger charge is 2.44. The second kappa shape index (κ2) is 6.25. The van der Waals surface area contributed by atoms with Gasteiger partial charge < -0.3 is 24.1 Å². The van der Waals surface area contributed by atoms with Gasteiger partial charge in [-0.25, -0.2) is 0 Å². The van der Waals surface area contributed by atoms with Gasteiger partial charge in [0.1, 0.15) is 17.4 Å². The molecule has 0 aromatic heterocycles. The first kappa shape index (κ1) is 16.3. The van der Waals surface area contributed by atoms with E-state index in [1.165, 1.54) is 13.2 Å². The highest BCUT2D eigenvalue weighted by atomic mass is 16.7. The van der Waals surface area contributed by atoms with E-state index in [0.29, 0.717) is 28.4 Å². The summed E-state index contributed by atoms with van der Waals surface area (Å²) in [5.41, 5.74) is 1.04. The third kappa shape index (κ3) is 2.61. The number of esters is 1. The van der Waals surface area contributed by atoms with Gasteiger partial charge in [-0.05, 0) is 23.8 Å². The highest BCUT2D eigenvalue weighted by Crippen LogP contribution is 2.46. The molecule has 2 atom stereocenters. The molecule has 134 valence electrons. The van der Waals surface area contributed by atoms with Gasteiger partial charge in [-0.15, -0.1) is 0 Å². The van der Waals surface area contributed by atoms with Crippen LogP contribution < -0.4 is 14.2 Å². The Hall–Kier alpha value is -3.22. The minimum absolute atomic E-state index is 0.0481. The van der Waals surface area contributed by atoms with Gasteiger partial charge in [-0.2, -0.15) is 0 Å². The number of ketones is 1. The van der Waals surface area contributed by atoms with Crippen molar-refractivity contribution in [2.24, 2.45) is 5.92 Å². The number of hydrogen-bond donors (Lipinski definition) is 1. The fraction of sp³-hybridized carbons (Fsp3) is 0.263. The van der Waals surface area contributed by atoms with Crippen molar-refractivity contribution < 1.29 is 33.6 Å². The van der Waals surface area contributed by atoms with Crippen molar-refractivity contribution >= 4 is 11.8 Å². The Morgan fingerprint density at radius 1 is 1.12 bits per heavy atom. The minimum Gasteiger partial charge on any atom is -0.508 e. The molecule has 0 radical (unpaired) electrons. The maximum Gasteiger partial charge on any atom is 0.318 e. The number of Topliss-reactive ketones (excluding diaryl/α,β-unsaturated/α-hetero) is 1. The molecule has 7 nitrogen and oxygen atoms in total. The van der Waals surface area contributed by atoms with Crippen molar-refractivity contribution in [3.05, 3.63) is 47.5 Å². The molecular formula is C19H16O7. The van der Waals surface area contributed by atoms with Crippen LogP contribution in [0.4, 0.5) is 0 Å². The minimum atomic E-state index is -1.05. The van der Waals surface area contributed by atoms with Gasteiger partial charge in [-0.1, -0.05) is 12.1 Å². The molecule has 1 saturated heterocycles. The van der Waals surface area contributed by atoms with Gasteiger partial charge >= 0.3 is 5.97 Å². The third-order valence-corrected chi connectivity index (χ3v) is 4.60. The van der Waals surface area contributed by atoms with Crippen molar-refractivity contribution in [1.29, 1.82) is 0 Å². The zero-order valence-electron chi connectivity index (χ0n) is 13.9. The van der Waals surface area contributed by atoms with Crippen molar-refractivity contribution in [3.8, 4) is 23.0 Å². The second-order valence-electron chi connectivity index (χ2n) is 6.07. The summed E-state index contributed by atoms with van der Waals surface area (Å²) in [6, 6.07) is 10.0. The predicted molar refractivity (Wildman–Crippen MR) is 88.5 cm³/mol. The Labute approximate surface area is 149 Å². The van der Waals surface area contributed by atoms with Crippen LogP contribution in [-0.4, -0.2) is 37.4 Å². The molecule has 7 heteroatoms. The number of benzene rings is 2. The lowest BCUT2D eigenvalue weighted by atomic mass is 9.79. The molecule has 0 saturated carbocycles. The zero-order valence-corrected chi connectivity index (χ0v) is 13.9. The first-order chi connectivity index (χ1) is 12.6. The number of methoxy groups -OCH3 is 1. The highest BCUT2D eigenvalue weighted by molar-refractivity contribution is 6.06. The summed E-state index contributed by atoms with van der Waals surface area (Å²) in [5.74, 6) is -1.38. The average molecular weight is 356 g/mol. The molecule has 0 amide bonds. The standard InChI is InChI=1S/C19H16O7/c1-23-11-4-2-3-10(5-11)17(18-14(21)8-24-19(18)22)12-6-15-16(7-13(12)20)26-9-25-15/h2-7,17-18,20H,8-9H2,1H3/t17-,18+/m0/s1. The lowest BCUT2D eigenvalue weighted by Gasteiger charge is -2.22. The average Bonchev–Trinajstić information content (AvgIpc) is 3.23. The first-order valence-corrected chi connectivity index (χ1v) is 8.04. The van der Waals surface area contributed by atoms with Gasteiger partial charge in [0.05, 0.1) is 7.11 Å². The van der Waals surface area contributed by atoms with Crippen LogP contribution in [0.3, 0.4) is 0 Å². The summed E-state index contributed by atoms with van der Waals surface area (Å²) in [7, 11) is 1.53. The van der Waals surface area contributed by atoms with Crippen LogP contribution in [0.25, 0.3) is 0 Å². The van der Waals surface area contributed by atoms with Crippen molar-refractivity contribution in [2.45, 2.75) is 5.92 Å². The van der Waals surface area contributed by atoms with E-state index in [1.54, 1.807) is 30.3 Å². The summed E-state index contributed by atoms with van der Waals surface area (Å²) in [5, 5.41) is 10.5. The number of ether oxygens (including phenoxy) is 4. The monoisotopic (exact) mass is 356 g/mol. The van der Waals surface area contributed by atoms with Crippen LogP contribution in [0.2, 0.25) is 0 Å². The van der Waals surface area contributed by atoms with E-state index in [1.807, 2.05) is 0 Å².